The van der Waals surface area contributed by atoms with Crippen molar-refractivity contribution in [2.45, 2.75) is 18.4 Å². The third kappa shape index (κ3) is 4.02. The van der Waals surface area contributed by atoms with Crippen LogP contribution in [0.5, 0.6) is 0 Å². The lowest BCUT2D eigenvalue weighted by molar-refractivity contribution is -0.691. The van der Waals surface area contributed by atoms with Crippen LogP contribution in [0.4, 0.5) is 0 Å². The second-order valence-corrected chi connectivity index (χ2v) is 9.20. The predicted molar refractivity (Wildman–Crippen MR) is 111 cm³/mol. The first-order valence-corrected chi connectivity index (χ1v) is 11.1. The normalized spacial score (nSPS) is 15.6. The summed E-state index contributed by atoms with van der Waals surface area (Å²) in [6, 6.07) is 18.7. The van der Waals surface area contributed by atoms with Gasteiger partial charge in [0, 0.05) is 45.2 Å². The Hall–Kier alpha value is -2.77. The summed E-state index contributed by atoms with van der Waals surface area (Å²) in [5.74, 6) is 0.00653. The summed E-state index contributed by atoms with van der Waals surface area (Å²) in [5, 5.41) is 1.91. The third-order valence-corrected chi connectivity index (χ3v) is 7.32. The van der Waals surface area contributed by atoms with E-state index in [-0.39, 0.29) is 12.5 Å². The van der Waals surface area contributed by atoms with Crippen LogP contribution in [0.1, 0.15) is 5.69 Å². The maximum atomic E-state index is 13.1. The lowest BCUT2D eigenvalue weighted by atomic mass is 10.1. The molecule has 2 aromatic carbocycles. The summed E-state index contributed by atoms with van der Waals surface area (Å²) in [5.41, 5.74) is 1.01. The van der Waals surface area contributed by atoms with E-state index in [2.05, 4.69) is 0 Å². The standard InChI is InChI=1S/C22H24N3O3S/c1-18-6-4-5-11-24(18)17-22(26)23-12-14-25(15-13-23)29(27,28)21-10-9-19-7-2-3-8-20(19)16-21/h2-11,16H,12-15,17H2,1H3/q+1. The molecule has 0 bridgehead atoms. The van der Waals surface area contributed by atoms with Gasteiger partial charge in [0.25, 0.3) is 5.91 Å². The Balaban J connectivity index is 1.44. The van der Waals surface area contributed by atoms with Crippen LogP contribution in [0, 0.1) is 6.92 Å². The first kappa shape index (κ1) is 19.5. The molecule has 150 valence electrons. The minimum absolute atomic E-state index is 0.00653. The number of benzene rings is 2. The fraction of sp³-hybridized carbons (Fsp3) is 0.273. The van der Waals surface area contributed by atoms with Gasteiger partial charge in [0.05, 0.1) is 4.90 Å². The molecule has 0 N–H and O–H groups in total. The van der Waals surface area contributed by atoms with Crippen molar-refractivity contribution in [2.75, 3.05) is 26.2 Å². The van der Waals surface area contributed by atoms with Gasteiger partial charge in [-0.05, 0) is 22.9 Å². The molecule has 1 saturated heterocycles. The Kier molecular flexibility index (Phi) is 5.34. The number of carbonyl (C=O) groups excluding carboxylic acids is 1. The second-order valence-electron chi connectivity index (χ2n) is 7.26. The number of nitrogens with zero attached hydrogens (tertiary/aromatic N) is 3. The summed E-state index contributed by atoms with van der Waals surface area (Å²) in [4.78, 5) is 14.7. The van der Waals surface area contributed by atoms with Gasteiger partial charge in [0.15, 0.2) is 11.9 Å². The van der Waals surface area contributed by atoms with E-state index in [1.54, 1.807) is 17.0 Å². The molecule has 3 aromatic rings. The average molecular weight is 411 g/mol. The molecular weight excluding hydrogens is 386 g/mol. The molecular formula is C22H24N3O3S+. The molecule has 29 heavy (non-hydrogen) atoms. The van der Waals surface area contributed by atoms with E-state index in [9.17, 15) is 13.2 Å². The zero-order valence-corrected chi connectivity index (χ0v) is 17.2. The highest BCUT2D eigenvalue weighted by Gasteiger charge is 2.31. The molecule has 1 amide bonds. The van der Waals surface area contributed by atoms with Gasteiger partial charge in [0.2, 0.25) is 16.6 Å². The van der Waals surface area contributed by atoms with Gasteiger partial charge in [-0.25, -0.2) is 8.42 Å². The quantitative estimate of drug-likeness (QED) is 0.618. The summed E-state index contributed by atoms with van der Waals surface area (Å²) < 4.78 is 29.5. The topological polar surface area (TPSA) is 61.6 Å². The molecule has 0 aliphatic carbocycles. The number of rotatable bonds is 4. The third-order valence-electron chi connectivity index (χ3n) is 5.42. The Morgan fingerprint density at radius 1 is 0.931 bits per heavy atom. The van der Waals surface area contributed by atoms with Crippen LogP contribution < -0.4 is 4.57 Å². The molecule has 2 heterocycles. The number of fused-ring (bicyclic) bond motifs is 1. The van der Waals surface area contributed by atoms with Crippen molar-refractivity contribution in [3.8, 4) is 0 Å². The fourth-order valence-electron chi connectivity index (χ4n) is 3.64. The molecule has 1 aliphatic heterocycles. The molecule has 0 saturated carbocycles. The van der Waals surface area contributed by atoms with E-state index in [1.807, 2.05) is 66.2 Å². The van der Waals surface area contributed by atoms with Gasteiger partial charge in [-0.2, -0.15) is 8.87 Å². The lowest BCUT2D eigenvalue weighted by Crippen LogP contribution is -2.54. The van der Waals surface area contributed by atoms with Gasteiger partial charge >= 0.3 is 0 Å². The summed E-state index contributed by atoms with van der Waals surface area (Å²) in [7, 11) is -3.58. The maximum Gasteiger partial charge on any atom is 0.288 e. The minimum atomic E-state index is -3.58. The Labute approximate surface area is 171 Å². The smallest absolute Gasteiger partial charge is 0.288 e. The van der Waals surface area contributed by atoms with Crippen LogP contribution in [0.15, 0.2) is 71.8 Å². The molecule has 1 aromatic heterocycles. The van der Waals surface area contributed by atoms with E-state index in [1.165, 1.54) is 4.31 Å². The van der Waals surface area contributed by atoms with E-state index >= 15 is 0 Å². The van der Waals surface area contributed by atoms with Gasteiger partial charge in [-0.3, -0.25) is 4.79 Å². The number of aryl methyl sites for hydroxylation is 1. The first-order valence-electron chi connectivity index (χ1n) is 9.67. The number of aromatic nitrogens is 1. The minimum Gasteiger partial charge on any atom is -0.335 e. The number of piperazine rings is 1. The van der Waals surface area contributed by atoms with Crippen molar-refractivity contribution in [3.63, 3.8) is 0 Å². The number of hydrogen-bond acceptors (Lipinski definition) is 3. The van der Waals surface area contributed by atoms with Crippen LogP contribution in [0.25, 0.3) is 10.8 Å². The number of pyridine rings is 1. The number of hydrogen-bond donors (Lipinski definition) is 0. The molecule has 1 fully saturated rings. The summed E-state index contributed by atoms with van der Waals surface area (Å²) >= 11 is 0. The monoisotopic (exact) mass is 410 g/mol. The number of amides is 1. The fourth-order valence-corrected chi connectivity index (χ4v) is 5.10. The molecule has 6 nitrogen and oxygen atoms in total. The van der Waals surface area contributed by atoms with Gasteiger partial charge in [-0.15, -0.1) is 0 Å². The molecule has 0 radical (unpaired) electrons. The predicted octanol–water partition coefficient (Wildman–Crippen LogP) is 1.97. The number of sulfonamides is 1. The Morgan fingerprint density at radius 3 is 2.34 bits per heavy atom. The maximum absolute atomic E-state index is 13.1. The highest BCUT2D eigenvalue weighted by atomic mass is 32.2. The van der Waals surface area contributed by atoms with E-state index in [0.29, 0.717) is 31.1 Å². The molecule has 0 unspecified atom stereocenters. The molecule has 1 aliphatic rings. The van der Waals surface area contributed by atoms with E-state index in [0.717, 1.165) is 16.5 Å². The van der Waals surface area contributed by atoms with Crippen molar-refractivity contribution >= 4 is 26.7 Å². The lowest BCUT2D eigenvalue weighted by Gasteiger charge is -2.33. The summed E-state index contributed by atoms with van der Waals surface area (Å²) in [6.07, 6.45) is 1.88. The van der Waals surface area contributed by atoms with Crippen molar-refractivity contribution in [3.05, 3.63) is 72.6 Å². The molecule has 0 atom stereocenters. The van der Waals surface area contributed by atoms with E-state index < -0.39 is 10.0 Å². The molecule has 0 spiro atoms. The number of carbonyl (C=O) groups is 1. The Morgan fingerprint density at radius 2 is 1.62 bits per heavy atom. The van der Waals surface area contributed by atoms with Crippen molar-refractivity contribution in [1.82, 2.24) is 9.21 Å². The summed E-state index contributed by atoms with van der Waals surface area (Å²) in [6.45, 7) is 3.64. The highest BCUT2D eigenvalue weighted by Crippen LogP contribution is 2.22. The average Bonchev–Trinajstić information content (AvgIpc) is 2.75. The van der Waals surface area contributed by atoms with Crippen LogP contribution in [0.3, 0.4) is 0 Å². The van der Waals surface area contributed by atoms with Crippen LogP contribution >= 0.6 is 0 Å². The van der Waals surface area contributed by atoms with Gasteiger partial charge < -0.3 is 4.90 Å². The van der Waals surface area contributed by atoms with Crippen LogP contribution in [-0.2, 0) is 21.4 Å². The highest BCUT2D eigenvalue weighted by molar-refractivity contribution is 7.89. The Bertz CT molecular complexity index is 1150. The van der Waals surface area contributed by atoms with E-state index in [4.69, 9.17) is 0 Å². The van der Waals surface area contributed by atoms with Crippen molar-refractivity contribution in [1.29, 1.82) is 0 Å². The van der Waals surface area contributed by atoms with Crippen LogP contribution in [0.2, 0.25) is 0 Å². The SMILES string of the molecule is Cc1cccc[n+]1CC(=O)N1CCN(S(=O)(=O)c2ccc3ccccc3c2)CC1. The largest absolute Gasteiger partial charge is 0.335 e. The van der Waals surface area contributed by atoms with Crippen molar-refractivity contribution < 1.29 is 17.8 Å². The van der Waals surface area contributed by atoms with Crippen molar-refractivity contribution in [2.24, 2.45) is 0 Å². The zero-order valence-electron chi connectivity index (χ0n) is 16.4. The van der Waals surface area contributed by atoms with Crippen LogP contribution in [-0.4, -0.2) is 49.7 Å². The first-order chi connectivity index (χ1) is 13.9. The zero-order chi connectivity index (χ0) is 20.4. The second kappa shape index (κ2) is 7.93. The molecule has 4 rings (SSSR count). The van der Waals surface area contributed by atoms with Gasteiger partial charge in [-0.1, -0.05) is 36.4 Å². The van der Waals surface area contributed by atoms with Gasteiger partial charge in [0.1, 0.15) is 0 Å². The molecule has 7 heteroatoms.